The van der Waals surface area contributed by atoms with Gasteiger partial charge in [-0.2, -0.15) is 4.98 Å². The molecule has 204 valence electrons. The Morgan fingerprint density at radius 3 is 2.41 bits per heavy atom. The number of carboxylic acid groups (broad SMARTS) is 1. The van der Waals surface area contributed by atoms with Crippen LogP contribution in [0, 0.1) is 0 Å². The van der Waals surface area contributed by atoms with E-state index >= 15 is 0 Å². The lowest BCUT2D eigenvalue weighted by Crippen LogP contribution is -2.48. The number of benzene rings is 1. The third kappa shape index (κ3) is 11.5. The monoisotopic (exact) mass is 540 g/mol. The molecule has 0 saturated heterocycles. The van der Waals surface area contributed by atoms with Crippen molar-refractivity contribution in [1.29, 1.82) is 0 Å². The van der Waals surface area contributed by atoms with Crippen LogP contribution in [0.3, 0.4) is 0 Å². The Kier molecular flexibility index (Phi) is 11.7. The molecule has 0 saturated carbocycles. The van der Waals surface area contributed by atoms with Gasteiger partial charge >= 0.3 is 13.8 Å². The van der Waals surface area contributed by atoms with Crippen LogP contribution in [0.4, 0.5) is 0 Å². The van der Waals surface area contributed by atoms with Crippen molar-refractivity contribution in [2.75, 3.05) is 0 Å². The van der Waals surface area contributed by atoms with Gasteiger partial charge in [0.1, 0.15) is 17.8 Å². The van der Waals surface area contributed by atoms with Crippen molar-refractivity contribution < 1.29 is 42.9 Å². The van der Waals surface area contributed by atoms with Gasteiger partial charge in [-0.25, -0.2) is 4.57 Å². The van der Waals surface area contributed by atoms with Crippen molar-refractivity contribution >= 4 is 25.6 Å². The first-order chi connectivity index (χ1) is 17.5. The lowest BCUT2D eigenvalue weighted by molar-refractivity contribution is -0.137. The van der Waals surface area contributed by atoms with Gasteiger partial charge in [0.15, 0.2) is 5.82 Å². The first-order valence-electron chi connectivity index (χ1n) is 11.9. The molecule has 0 aliphatic carbocycles. The number of aromatic nitrogens is 2. The molecule has 2 amide bonds. The van der Waals surface area contributed by atoms with Crippen LogP contribution in [0.15, 0.2) is 28.8 Å². The molecule has 2 aromatic rings. The van der Waals surface area contributed by atoms with E-state index in [1.807, 2.05) is 0 Å². The lowest BCUT2D eigenvalue weighted by Gasteiger charge is -2.21. The molecule has 5 N–H and O–H groups in total. The van der Waals surface area contributed by atoms with Crippen molar-refractivity contribution in [3.8, 4) is 5.75 Å². The average molecular weight is 541 g/mol. The Balaban J connectivity index is 2.14. The molecule has 1 heterocycles. The van der Waals surface area contributed by atoms with E-state index in [0.29, 0.717) is 17.8 Å². The largest absolute Gasteiger partial charge is 0.524 e. The quantitative estimate of drug-likeness (QED) is 0.155. The second-order valence-electron chi connectivity index (χ2n) is 8.54. The van der Waals surface area contributed by atoms with Crippen molar-refractivity contribution in [3.05, 3.63) is 41.5 Å². The van der Waals surface area contributed by atoms with Crippen molar-refractivity contribution in [3.63, 3.8) is 0 Å². The second-order valence-corrected chi connectivity index (χ2v) is 9.70. The highest BCUT2D eigenvalue weighted by atomic mass is 31.2. The molecule has 14 heteroatoms. The van der Waals surface area contributed by atoms with Gasteiger partial charge in [-0.3, -0.25) is 24.2 Å². The standard InChI is InChI=1S/C23H33N4O9P/c1-3-4-5-6-7-20-26-23(35-27-20)18(12-13-21(29)30)25-22(31)19(24-15(2)28)14-16-8-10-17(11-9-16)36-37(32,33)34/h8-11,18-19H,3-7,12-14H2,1-2H3,(H,24,28)(H,25,31)(H,29,30)(H2,32,33,34)/t18-,19-/m0/s1. The second kappa shape index (κ2) is 14.5. The number of carbonyl (C=O) groups is 3. The minimum Gasteiger partial charge on any atom is -0.481 e. The van der Waals surface area contributed by atoms with Crippen LogP contribution >= 0.6 is 7.82 Å². The number of aryl methyl sites for hydroxylation is 1. The number of phosphoric ester groups is 1. The highest BCUT2D eigenvalue weighted by molar-refractivity contribution is 7.46. The Morgan fingerprint density at radius 1 is 1.11 bits per heavy atom. The fourth-order valence-electron chi connectivity index (χ4n) is 3.53. The Hall–Kier alpha value is -3.28. The molecule has 0 unspecified atom stereocenters. The number of hydrogen-bond donors (Lipinski definition) is 5. The number of carboxylic acids is 1. The number of hydrogen-bond acceptors (Lipinski definition) is 8. The summed E-state index contributed by atoms with van der Waals surface area (Å²) in [6.07, 6.45) is 4.45. The Morgan fingerprint density at radius 2 is 1.81 bits per heavy atom. The maximum absolute atomic E-state index is 13.1. The molecule has 13 nitrogen and oxygen atoms in total. The SMILES string of the molecule is CCCCCCc1noc([C@H](CCC(=O)O)NC(=O)[C@H](Cc2ccc(OP(=O)(O)O)cc2)NC(C)=O)n1. The summed E-state index contributed by atoms with van der Waals surface area (Å²) < 4.78 is 20.8. The maximum Gasteiger partial charge on any atom is 0.524 e. The molecular weight excluding hydrogens is 507 g/mol. The predicted molar refractivity (Wildman–Crippen MR) is 130 cm³/mol. The zero-order chi connectivity index (χ0) is 27.4. The molecule has 2 rings (SSSR count). The first-order valence-corrected chi connectivity index (χ1v) is 13.5. The molecule has 0 fully saturated rings. The summed E-state index contributed by atoms with van der Waals surface area (Å²) >= 11 is 0. The summed E-state index contributed by atoms with van der Waals surface area (Å²) in [7, 11) is -4.71. The number of aliphatic carboxylic acids is 1. The molecule has 0 aliphatic rings. The minimum atomic E-state index is -4.71. The van der Waals surface area contributed by atoms with Gasteiger partial charge in [0, 0.05) is 26.2 Å². The number of unbranched alkanes of at least 4 members (excludes halogenated alkanes) is 3. The van der Waals surface area contributed by atoms with E-state index in [0.717, 1.165) is 25.7 Å². The van der Waals surface area contributed by atoms with Gasteiger partial charge < -0.3 is 24.8 Å². The molecular formula is C23H33N4O9P. The van der Waals surface area contributed by atoms with Crippen LogP contribution in [-0.4, -0.2) is 48.9 Å². The topological polar surface area (TPSA) is 201 Å². The average Bonchev–Trinajstić information content (AvgIpc) is 3.27. The zero-order valence-corrected chi connectivity index (χ0v) is 21.6. The third-order valence-corrected chi connectivity index (χ3v) is 5.73. The number of nitrogens with one attached hydrogen (secondary N) is 2. The van der Waals surface area contributed by atoms with Gasteiger partial charge in [0.2, 0.25) is 17.7 Å². The predicted octanol–water partition coefficient (Wildman–Crippen LogP) is 2.43. The number of rotatable bonds is 16. The zero-order valence-electron chi connectivity index (χ0n) is 20.8. The number of phosphoric acid groups is 1. The van der Waals surface area contributed by atoms with Crippen LogP contribution in [-0.2, 0) is 31.8 Å². The van der Waals surface area contributed by atoms with Crippen LogP contribution in [0.5, 0.6) is 5.75 Å². The summed E-state index contributed by atoms with van der Waals surface area (Å²) in [4.78, 5) is 58.2. The minimum absolute atomic E-state index is 0.000253. The molecule has 1 aromatic heterocycles. The number of nitrogens with zero attached hydrogens (tertiary/aromatic N) is 2. The summed E-state index contributed by atoms with van der Waals surface area (Å²) in [6.45, 7) is 3.36. The van der Waals surface area contributed by atoms with Crippen LogP contribution in [0.2, 0.25) is 0 Å². The Labute approximate surface area is 214 Å². The lowest BCUT2D eigenvalue weighted by atomic mass is 10.0. The van der Waals surface area contributed by atoms with Crippen LogP contribution < -0.4 is 15.2 Å². The normalized spacial score (nSPS) is 13.0. The maximum atomic E-state index is 13.1. The van der Waals surface area contributed by atoms with Crippen molar-refractivity contribution in [1.82, 2.24) is 20.8 Å². The fraction of sp³-hybridized carbons (Fsp3) is 0.522. The van der Waals surface area contributed by atoms with E-state index in [-0.39, 0.29) is 30.9 Å². The Bertz CT molecular complexity index is 1080. The highest BCUT2D eigenvalue weighted by Gasteiger charge is 2.27. The molecule has 1 aromatic carbocycles. The smallest absolute Gasteiger partial charge is 0.481 e. The molecule has 0 aliphatic heterocycles. The third-order valence-electron chi connectivity index (χ3n) is 5.28. The summed E-state index contributed by atoms with van der Waals surface area (Å²) in [5, 5.41) is 18.3. The summed E-state index contributed by atoms with van der Waals surface area (Å²) in [6, 6.07) is 3.74. The van der Waals surface area contributed by atoms with Gasteiger partial charge in [0.25, 0.3) is 0 Å². The summed E-state index contributed by atoms with van der Waals surface area (Å²) in [5.74, 6) is -1.63. The molecule has 0 bridgehead atoms. The fourth-order valence-corrected chi connectivity index (χ4v) is 3.93. The van der Waals surface area contributed by atoms with Crippen LogP contribution in [0.25, 0.3) is 0 Å². The van der Waals surface area contributed by atoms with Crippen LogP contribution in [0.1, 0.15) is 75.7 Å². The van der Waals surface area contributed by atoms with Crippen molar-refractivity contribution in [2.24, 2.45) is 0 Å². The molecule has 37 heavy (non-hydrogen) atoms. The van der Waals surface area contributed by atoms with E-state index in [9.17, 15) is 18.9 Å². The van der Waals surface area contributed by atoms with E-state index in [1.54, 1.807) is 0 Å². The highest BCUT2D eigenvalue weighted by Crippen LogP contribution is 2.37. The van der Waals surface area contributed by atoms with E-state index in [1.165, 1.54) is 31.2 Å². The van der Waals surface area contributed by atoms with Gasteiger partial charge in [-0.05, 0) is 30.5 Å². The van der Waals surface area contributed by atoms with E-state index in [2.05, 4.69) is 32.2 Å². The summed E-state index contributed by atoms with van der Waals surface area (Å²) in [5.41, 5.74) is 0.571. The first kappa shape index (κ1) is 29.9. The number of amides is 2. The van der Waals surface area contributed by atoms with Gasteiger partial charge in [-0.1, -0.05) is 43.5 Å². The van der Waals surface area contributed by atoms with E-state index < -0.39 is 37.7 Å². The number of carbonyl (C=O) groups excluding carboxylic acids is 2. The van der Waals surface area contributed by atoms with Gasteiger partial charge in [-0.15, -0.1) is 0 Å². The van der Waals surface area contributed by atoms with Crippen molar-refractivity contribution in [2.45, 2.75) is 77.3 Å². The van der Waals surface area contributed by atoms with E-state index in [4.69, 9.17) is 19.4 Å². The van der Waals surface area contributed by atoms with Gasteiger partial charge in [0.05, 0.1) is 0 Å². The molecule has 0 radical (unpaired) electrons. The molecule has 0 spiro atoms. The molecule has 2 atom stereocenters.